The van der Waals surface area contributed by atoms with Crippen molar-refractivity contribution in [2.75, 3.05) is 19.1 Å². The van der Waals surface area contributed by atoms with Crippen molar-refractivity contribution in [3.05, 3.63) is 18.0 Å². The monoisotopic (exact) mass is 228 g/mol. The first-order valence-corrected chi connectivity index (χ1v) is 5.52. The molecule has 0 aliphatic carbocycles. The first-order valence-electron chi connectivity index (χ1n) is 4.99. The zero-order valence-corrected chi connectivity index (χ0v) is 9.11. The van der Waals surface area contributed by atoms with Crippen molar-refractivity contribution < 1.29 is 9.53 Å². The molecule has 0 spiro atoms. The topological polar surface area (TPSA) is 44.1 Å². The largest absolute Gasteiger partial charge is 0.381 e. The normalized spacial score (nSPS) is 20.7. The van der Waals surface area contributed by atoms with E-state index in [2.05, 4.69) is 5.10 Å². The van der Waals surface area contributed by atoms with E-state index in [4.69, 9.17) is 16.3 Å². The number of hydrogen-bond acceptors (Lipinski definition) is 3. The lowest BCUT2D eigenvalue weighted by Gasteiger charge is -2.06. The van der Waals surface area contributed by atoms with E-state index in [1.165, 1.54) is 0 Å². The Labute approximate surface area is 93.2 Å². The molecule has 1 saturated heterocycles. The Bertz CT molecular complexity index is 345. The van der Waals surface area contributed by atoms with E-state index in [-0.39, 0.29) is 11.7 Å². The summed E-state index contributed by atoms with van der Waals surface area (Å²) in [7, 11) is 0. The zero-order chi connectivity index (χ0) is 10.7. The van der Waals surface area contributed by atoms with Gasteiger partial charge in [0.1, 0.15) is 0 Å². The first kappa shape index (κ1) is 10.6. The lowest BCUT2D eigenvalue weighted by Crippen LogP contribution is -2.10. The average molecular weight is 229 g/mol. The van der Waals surface area contributed by atoms with Crippen LogP contribution in [0.25, 0.3) is 0 Å². The maximum absolute atomic E-state index is 11.3. The van der Waals surface area contributed by atoms with Crippen LogP contribution in [0.4, 0.5) is 0 Å². The molecule has 0 aromatic carbocycles. The molecule has 82 valence electrons. The quantitative estimate of drug-likeness (QED) is 0.577. The fourth-order valence-electron chi connectivity index (χ4n) is 1.68. The summed E-state index contributed by atoms with van der Waals surface area (Å²) < 4.78 is 7.07. The standard InChI is InChI=1S/C10H13ClN2O2/c11-3-10(14)9-4-12-13(6-9)5-8-1-2-15-7-8/h4,6,8H,1-3,5,7H2/t8-/m0/s1. The number of nitrogens with zero attached hydrogens (tertiary/aromatic N) is 2. The van der Waals surface area contributed by atoms with Gasteiger partial charge < -0.3 is 4.74 Å². The smallest absolute Gasteiger partial charge is 0.180 e. The van der Waals surface area contributed by atoms with Crippen molar-refractivity contribution >= 4 is 17.4 Å². The van der Waals surface area contributed by atoms with Crippen LogP contribution in [-0.4, -0.2) is 34.7 Å². The average Bonchev–Trinajstić information content (AvgIpc) is 2.88. The fraction of sp³-hybridized carbons (Fsp3) is 0.600. The van der Waals surface area contributed by atoms with E-state index in [1.54, 1.807) is 17.1 Å². The van der Waals surface area contributed by atoms with Crippen molar-refractivity contribution in [3.8, 4) is 0 Å². The number of rotatable bonds is 4. The number of Topliss-reactive ketones (excluding diaryl/α,β-unsaturated/α-hetero) is 1. The molecule has 1 aliphatic rings. The van der Waals surface area contributed by atoms with Gasteiger partial charge in [-0.25, -0.2) is 0 Å². The molecule has 1 atom stereocenters. The third kappa shape index (κ3) is 2.58. The van der Waals surface area contributed by atoms with Crippen molar-refractivity contribution in [3.63, 3.8) is 0 Å². The molecule has 0 amide bonds. The summed E-state index contributed by atoms with van der Waals surface area (Å²) in [5.41, 5.74) is 0.587. The lowest BCUT2D eigenvalue weighted by atomic mass is 10.1. The zero-order valence-electron chi connectivity index (χ0n) is 8.36. The number of hydrogen-bond donors (Lipinski definition) is 0. The summed E-state index contributed by atoms with van der Waals surface area (Å²) in [4.78, 5) is 11.3. The predicted molar refractivity (Wildman–Crippen MR) is 56.2 cm³/mol. The predicted octanol–water partition coefficient (Wildman–Crippen LogP) is 1.34. The Balaban J connectivity index is 1.97. The highest BCUT2D eigenvalue weighted by Gasteiger charge is 2.17. The van der Waals surface area contributed by atoms with Gasteiger partial charge in [-0.3, -0.25) is 9.48 Å². The third-order valence-electron chi connectivity index (χ3n) is 2.55. The molecule has 1 aromatic rings. The van der Waals surface area contributed by atoms with Crippen LogP contribution in [0.2, 0.25) is 0 Å². The maximum Gasteiger partial charge on any atom is 0.180 e. The van der Waals surface area contributed by atoms with Gasteiger partial charge in [0.25, 0.3) is 0 Å². The Morgan fingerprint density at radius 3 is 3.27 bits per heavy atom. The second-order valence-electron chi connectivity index (χ2n) is 3.74. The summed E-state index contributed by atoms with van der Waals surface area (Å²) in [6.07, 6.45) is 4.39. The summed E-state index contributed by atoms with van der Waals surface area (Å²) >= 11 is 5.46. The molecule has 0 N–H and O–H groups in total. The van der Waals surface area contributed by atoms with Crippen LogP contribution in [0.5, 0.6) is 0 Å². The summed E-state index contributed by atoms with van der Waals surface area (Å²) in [5.74, 6) is 0.451. The van der Waals surface area contributed by atoms with Gasteiger partial charge in [-0.2, -0.15) is 5.10 Å². The summed E-state index contributed by atoms with van der Waals surface area (Å²) in [6.45, 7) is 2.44. The van der Waals surface area contributed by atoms with E-state index < -0.39 is 0 Å². The number of carbonyl (C=O) groups excluding carboxylic acids is 1. The first-order chi connectivity index (χ1) is 7.29. The number of carbonyl (C=O) groups is 1. The number of alkyl halides is 1. The molecule has 0 saturated carbocycles. The molecule has 2 heterocycles. The fourth-order valence-corrected chi connectivity index (χ4v) is 1.83. The number of ketones is 1. The molecule has 1 fully saturated rings. The van der Waals surface area contributed by atoms with Gasteiger partial charge in [-0.1, -0.05) is 0 Å². The molecule has 1 aliphatic heterocycles. The van der Waals surface area contributed by atoms with Gasteiger partial charge in [0, 0.05) is 25.3 Å². The number of halogens is 1. The van der Waals surface area contributed by atoms with E-state index in [0.717, 1.165) is 26.2 Å². The lowest BCUT2D eigenvalue weighted by molar-refractivity contribution is 0.102. The number of ether oxygens (including phenoxy) is 1. The minimum absolute atomic E-state index is 0.0121. The van der Waals surface area contributed by atoms with Crippen LogP contribution in [0.15, 0.2) is 12.4 Å². The third-order valence-corrected chi connectivity index (χ3v) is 2.79. The Morgan fingerprint density at radius 2 is 2.60 bits per heavy atom. The highest BCUT2D eigenvalue weighted by atomic mass is 35.5. The van der Waals surface area contributed by atoms with Crippen LogP contribution < -0.4 is 0 Å². The SMILES string of the molecule is O=C(CCl)c1cnn(C[C@@H]2CCOC2)c1. The molecule has 1 aromatic heterocycles. The van der Waals surface area contributed by atoms with Gasteiger partial charge in [0.2, 0.25) is 0 Å². The summed E-state index contributed by atoms with van der Waals surface area (Å²) in [6, 6.07) is 0. The van der Waals surface area contributed by atoms with E-state index in [1.807, 2.05) is 0 Å². The molecule has 4 nitrogen and oxygen atoms in total. The van der Waals surface area contributed by atoms with Gasteiger partial charge in [-0.15, -0.1) is 11.6 Å². The minimum Gasteiger partial charge on any atom is -0.381 e. The Kier molecular flexibility index (Phi) is 3.38. The number of aromatic nitrogens is 2. The van der Waals surface area contributed by atoms with E-state index in [9.17, 15) is 4.79 Å². The molecule has 2 rings (SSSR count). The molecule has 0 bridgehead atoms. The molecule has 0 unspecified atom stereocenters. The Morgan fingerprint density at radius 1 is 1.73 bits per heavy atom. The molecular weight excluding hydrogens is 216 g/mol. The van der Waals surface area contributed by atoms with Gasteiger partial charge >= 0.3 is 0 Å². The van der Waals surface area contributed by atoms with Crippen LogP contribution >= 0.6 is 11.6 Å². The van der Waals surface area contributed by atoms with Gasteiger partial charge in [0.05, 0.1) is 24.2 Å². The van der Waals surface area contributed by atoms with Crippen LogP contribution in [0, 0.1) is 5.92 Å². The van der Waals surface area contributed by atoms with E-state index in [0.29, 0.717) is 11.5 Å². The van der Waals surface area contributed by atoms with Gasteiger partial charge in [-0.05, 0) is 6.42 Å². The Hall–Kier alpha value is -0.870. The second kappa shape index (κ2) is 4.77. The van der Waals surface area contributed by atoms with Crippen molar-refractivity contribution in [1.29, 1.82) is 0 Å². The van der Waals surface area contributed by atoms with Crippen LogP contribution in [0.3, 0.4) is 0 Å². The highest BCUT2D eigenvalue weighted by molar-refractivity contribution is 6.30. The van der Waals surface area contributed by atoms with Crippen LogP contribution in [0.1, 0.15) is 16.8 Å². The molecule has 0 radical (unpaired) electrons. The molecular formula is C10H13ClN2O2. The maximum atomic E-state index is 11.3. The van der Waals surface area contributed by atoms with Crippen molar-refractivity contribution in [2.45, 2.75) is 13.0 Å². The molecule has 15 heavy (non-hydrogen) atoms. The van der Waals surface area contributed by atoms with Crippen LogP contribution in [-0.2, 0) is 11.3 Å². The highest BCUT2D eigenvalue weighted by Crippen LogP contribution is 2.14. The molecule has 5 heteroatoms. The minimum atomic E-state index is -0.0782. The van der Waals surface area contributed by atoms with Gasteiger partial charge in [0.15, 0.2) is 5.78 Å². The summed E-state index contributed by atoms with van der Waals surface area (Å²) in [5, 5.41) is 4.13. The van der Waals surface area contributed by atoms with Crippen molar-refractivity contribution in [2.24, 2.45) is 5.92 Å². The van der Waals surface area contributed by atoms with E-state index >= 15 is 0 Å². The second-order valence-corrected chi connectivity index (χ2v) is 4.00. The van der Waals surface area contributed by atoms with Crippen molar-refractivity contribution in [1.82, 2.24) is 9.78 Å².